The van der Waals surface area contributed by atoms with Gasteiger partial charge in [0, 0.05) is 37.3 Å². The number of halogens is 2. The van der Waals surface area contributed by atoms with Crippen molar-refractivity contribution in [2.75, 3.05) is 7.05 Å². The topological polar surface area (TPSA) is 89.8 Å². The lowest BCUT2D eigenvalue weighted by atomic mass is 9.98. The van der Waals surface area contributed by atoms with Gasteiger partial charge in [0.05, 0.1) is 11.6 Å². The van der Waals surface area contributed by atoms with E-state index in [1.165, 1.54) is 18.2 Å². The standard InChI is InChI=1S/C22H30FN5O2.HI/c1-22(2,3)30-21(29)28-17-6-7-18(28)11-16(10-17)27-20(25-4)26-13-15-9-14(12-24)5-8-19(15)23;/h5,8-9,16-18H,6-7,10-11,13H2,1-4H3,(H2,25,26,27);1H. The summed E-state index contributed by atoms with van der Waals surface area (Å²) >= 11 is 0. The van der Waals surface area contributed by atoms with Crippen LogP contribution in [0.3, 0.4) is 0 Å². The number of hydrogen-bond acceptors (Lipinski definition) is 4. The summed E-state index contributed by atoms with van der Waals surface area (Å²) in [7, 11) is 1.67. The van der Waals surface area contributed by atoms with Crippen molar-refractivity contribution in [3.8, 4) is 6.07 Å². The maximum atomic E-state index is 14.0. The van der Waals surface area contributed by atoms with Crippen LogP contribution in [-0.4, -0.2) is 47.7 Å². The zero-order valence-corrected chi connectivity index (χ0v) is 20.8. The molecule has 2 aliphatic rings. The van der Waals surface area contributed by atoms with E-state index in [0.717, 1.165) is 25.7 Å². The Hall–Kier alpha value is -2.09. The van der Waals surface area contributed by atoms with Crippen molar-refractivity contribution in [1.29, 1.82) is 5.26 Å². The predicted molar refractivity (Wildman–Crippen MR) is 128 cm³/mol. The first-order valence-electron chi connectivity index (χ1n) is 10.4. The van der Waals surface area contributed by atoms with E-state index in [1.54, 1.807) is 7.05 Å². The van der Waals surface area contributed by atoms with Gasteiger partial charge in [-0.05, 0) is 64.7 Å². The van der Waals surface area contributed by atoms with Crippen LogP contribution in [-0.2, 0) is 11.3 Å². The number of amides is 1. The van der Waals surface area contributed by atoms with Crippen molar-refractivity contribution in [1.82, 2.24) is 15.5 Å². The Kier molecular flexibility index (Phi) is 8.51. The first-order chi connectivity index (χ1) is 14.2. The Labute approximate surface area is 200 Å². The van der Waals surface area contributed by atoms with E-state index in [9.17, 15) is 9.18 Å². The van der Waals surface area contributed by atoms with Crippen LogP contribution in [0, 0.1) is 17.1 Å². The van der Waals surface area contributed by atoms with Crippen molar-refractivity contribution in [3.05, 3.63) is 35.1 Å². The number of aliphatic imine (C=N–C) groups is 1. The highest BCUT2D eigenvalue weighted by atomic mass is 127. The number of ether oxygens (including phenoxy) is 1. The van der Waals surface area contributed by atoms with E-state index >= 15 is 0 Å². The summed E-state index contributed by atoms with van der Waals surface area (Å²) in [5.41, 5.74) is 0.328. The van der Waals surface area contributed by atoms with E-state index in [1.807, 2.05) is 31.7 Å². The van der Waals surface area contributed by atoms with Gasteiger partial charge in [0.15, 0.2) is 5.96 Å². The van der Waals surface area contributed by atoms with Gasteiger partial charge in [0.1, 0.15) is 11.4 Å². The molecule has 0 aromatic heterocycles. The van der Waals surface area contributed by atoms with Crippen molar-refractivity contribution in [2.45, 2.75) is 76.7 Å². The molecule has 2 fully saturated rings. The van der Waals surface area contributed by atoms with Gasteiger partial charge in [-0.2, -0.15) is 5.26 Å². The quantitative estimate of drug-likeness (QED) is 0.343. The molecule has 31 heavy (non-hydrogen) atoms. The molecule has 9 heteroatoms. The largest absolute Gasteiger partial charge is 0.444 e. The van der Waals surface area contributed by atoms with Crippen LogP contribution in [0.4, 0.5) is 9.18 Å². The number of nitrogens with one attached hydrogen (secondary N) is 2. The molecule has 2 unspecified atom stereocenters. The first-order valence-corrected chi connectivity index (χ1v) is 10.4. The third kappa shape index (κ3) is 6.45. The second-order valence-corrected chi connectivity index (χ2v) is 8.93. The van der Waals surface area contributed by atoms with Gasteiger partial charge in [0.25, 0.3) is 0 Å². The number of rotatable bonds is 3. The molecule has 1 amide bonds. The van der Waals surface area contributed by atoms with E-state index in [2.05, 4.69) is 15.6 Å². The van der Waals surface area contributed by atoms with Gasteiger partial charge in [0.2, 0.25) is 0 Å². The lowest BCUT2D eigenvalue weighted by Crippen LogP contribution is -2.54. The summed E-state index contributed by atoms with van der Waals surface area (Å²) in [6, 6.07) is 6.79. The normalized spacial score (nSPS) is 22.9. The number of carbonyl (C=O) groups is 1. The fraction of sp³-hybridized carbons (Fsp3) is 0.591. The third-order valence-corrected chi connectivity index (χ3v) is 5.52. The van der Waals surface area contributed by atoms with Crippen molar-refractivity contribution in [3.63, 3.8) is 0 Å². The fourth-order valence-corrected chi connectivity index (χ4v) is 4.25. The fourth-order valence-electron chi connectivity index (χ4n) is 4.25. The molecular formula is C22H31FIN5O2. The van der Waals surface area contributed by atoms with Crippen LogP contribution in [0.1, 0.15) is 57.6 Å². The molecule has 2 heterocycles. The number of fused-ring (bicyclic) bond motifs is 2. The van der Waals surface area contributed by atoms with E-state index in [-0.39, 0.29) is 60.6 Å². The Morgan fingerprint density at radius 1 is 1.32 bits per heavy atom. The van der Waals surface area contributed by atoms with Gasteiger partial charge in [-0.3, -0.25) is 4.99 Å². The Balaban J connectivity index is 0.00000341. The van der Waals surface area contributed by atoms with Gasteiger partial charge < -0.3 is 20.3 Å². The molecule has 0 saturated carbocycles. The molecule has 1 aromatic rings. The maximum absolute atomic E-state index is 14.0. The molecule has 170 valence electrons. The number of nitriles is 1. The molecule has 7 nitrogen and oxygen atoms in total. The molecule has 2 atom stereocenters. The number of guanidine groups is 1. The molecule has 0 aliphatic carbocycles. The number of hydrogen-bond donors (Lipinski definition) is 2. The first kappa shape index (κ1) is 25.2. The molecule has 2 saturated heterocycles. The number of benzene rings is 1. The van der Waals surface area contributed by atoms with Crippen molar-refractivity contribution >= 4 is 36.0 Å². The minimum atomic E-state index is -0.504. The number of piperidine rings is 1. The van der Waals surface area contributed by atoms with Crippen LogP contribution in [0.5, 0.6) is 0 Å². The number of nitrogens with zero attached hydrogens (tertiary/aromatic N) is 3. The number of carbonyl (C=O) groups excluding carboxylic acids is 1. The van der Waals surface area contributed by atoms with Crippen LogP contribution in [0.2, 0.25) is 0 Å². The Morgan fingerprint density at radius 2 is 1.97 bits per heavy atom. The van der Waals surface area contributed by atoms with Crippen LogP contribution in [0.15, 0.2) is 23.2 Å². The Bertz CT molecular complexity index is 850. The van der Waals surface area contributed by atoms with Gasteiger partial charge in [-0.25, -0.2) is 9.18 Å². The summed E-state index contributed by atoms with van der Waals surface area (Å²) < 4.78 is 19.6. The maximum Gasteiger partial charge on any atom is 0.410 e. The van der Waals surface area contributed by atoms with E-state index in [4.69, 9.17) is 10.00 Å². The van der Waals surface area contributed by atoms with Gasteiger partial charge in [-0.1, -0.05) is 0 Å². The molecule has 1 aromatic carbocycles. The minimum Gasteiger partial charge on any atom is -0.444 e. The minimum absolute atomic E-state index is 0. The summed E-state index contributed by atoms with van der Waals surface area (Å²) in [5, 5.41) is 15.5. The SMILES string of the molecule is CN=C(NCc1cc(C#N)ccc1F)NC1CC2CCC(C1)N2C(=O)OC(C)(C)C.I. The van der Waals surface area contributed by atoms with E-state index in [0.29, 0.717) is 17.1 Å². The highest BCUT2D eigenvalue weighted by molar-refractivity contribution is 14.0. The molecule has 2 bridgehead atoms. The second kappa shape index (κ2) is 10.5. The summed E-state index contributed by atoms with van der Waals surface area (Å²) in [6.07, 6.45) is 3.34. The molecular weight excluding hydrogens is 512 g/mol. The lowest BCUT2D eigenvalue weighted by Gasteiger charge is -2.40. The highest BCUT2D eigenvalue weighted by Gasteiger charge is 2.45. The molecule has 3 rings (SSSR count). The average molecular weight is 543 g/mol. The predicted octanol–water partition coefficient (Wildman–Crippen LogP) is 3.91. The third-order valence-electron chi connectivity index (χ3n) is 5.52. The average Bonchev–Trinajstić information content (AvgIpc) is 2.96. The van der Waals surface area contributed by atoms with E-state index < -0.39 is 5.60 Å². The van der Waals surface area contributed by atoms with Crippen molar-refractivity contribution in [2.24, 2.45) is 4.99 Å². The molecule has 2 N–H and O–H groups in total. The Morgan fingerprint density at radius 3 is 2.52 bits per heavy atom. The van der Waals surface area contributed by atoms with Crippen LogP contribution in [0.25, 0.3) is 0 Å². The monoisotopic (exact) mass is 543 g/mol. The summed E-state index contributed by atoms with van der Waals surface area (Å²) in [6.45, 7) is 5.87. The zero-order chi connectivity index (χ0) is 21.9. The molecule has 0 spiro atoms. The molecule has 0 radical (unpaired) electrons. The molecule has 2 aliphatic heterocycles. The van der Waals surface area contributed by atoms with Crippen molar-refractivity contribution < 1.29 is 13.9 Å². The van der Waals surface area contributed by atoms with Gasteiger partial charge >= 0.3 is 6.09 Å². The highest BCUT2D eigenvalue weighted by Crippen LogP contribution is 2.36. The second-order valence-electron chi connectivity index (χ2n) is 8.93. The summed E-state index contributed by atoms with van der Waals surface area (Å²) in [4.78, 5) is 18.7. The smallest absolute Gasteiger partial charge is 0.410 e. The summed E-state index contributed by atoms with van der Waals surface area (Å²) in [5.74, 6) is 0.215. The zero-order valence-electron chi connectivity index (χ0n) is 18.4. The van der Waals surface area contributed by atoms with Crippen LogP contribution < -0.4 is 10.6 Å². The lowest BCUT2D eigenvalue weighted by molar-refractivity contribution is 0.00545. The van der Waals surface area contributed by atoms with Gasteiger partial charge in [-0.15, -0.1) is 24.0 Å². The van der Waals surface area contributed by atoms with Crippen LogP contribution >= 0.6 is 24.0 Å².